The number of benzene rings is 1. The zero-order chi connectivity index (χ0) is 13.1. The van der Waals surface area contributed by atoms with Gasteiger partial charge in [0.25, 0.3) is 0 Å². The molecule has 0 spiro atoms. The number of carbonyl (C=O) groups excluding carboxylic acids is 1. The molecule has 0 N–H and O–H groups in total. The first-order valence-corrected chi connectivity index (χ1v) is 5.07. The summed E-state index contributed by atoms with van der Waals surface area (Å²) in [6, 6.07) is 5.74. The third-order valence-electron chi connectivity index (χ3n) is 1.72. The molecule has 0 heterocycles. The first kappa shape index (κ1) is 13.4. The molecule has 94 valence electrons. The monoisotopic (exact) mass is 244 g/mol. The van der Waals surface area contributed by atoms with Crippen molar-refractivity contribution in [1.29, 1.82) is 0 Å². The highest BCUT2D eigenvalue weighted by Gasteiger charge is 2.21. The highest BCUT2D eigenvalue weighted by Crippen LogP contribution is 2.23. The molecule has 0 amide bonds. The molecule has 17 heavy (non-hydrogen) atoms. The Morgan fingerprint density at radius 1 is 1.24 bits per heavy atom. The maximum absolute atomic E-state index is 12.1. The van der Waals surface area contributed by atoms with Crippen LogP contribution in [-0.4, -0.2) is 18.2 Å². The molecule has 0 saturated carbocycles. The van der Waals surface area contributed by atoms with Crippen molar-refractivity contribution in [3.8, 4) is 5.75 Å². The fourth-order valence-electron chi connectivity index (χ4n) is 1.17. The molecule has 0 aliphatic rings. The molecule has 1 aromatic carbocycles. The van der Waals surface area contributed by atoms with Crippen LogP contribution in [0.15, 0.2) is 24.3 Å². The fourth-order valence-corrected chi connectivity index (χ4v) is 1.17. The van der Waals surface area contributed by atoms with Crippen molar-refractivity contribution in [3.63, 3.8) is 0 Å². The minimum atomic E-state index is -2.97. The number of hydrogen-bond donors (Lipinski definition) is 0. The second-order valence-corrected chi connectivity index (χ2v) is 4.38. The number of halogens is 2. The molecular formula is C12H14F2O3. The summed E-state index contributed by atoms with van der Waals surface area (Å²) in [5.41, 5.74) is -0.697. The Hall–Kier alpha value is -1.65. The van der Waals surface area contributed by atoms with Gasteiger partial charge in [-0.1, -0.05) is 12.1 Å². The Labute approximate surface area is 98.3 Å². The van der Waals surface area contributed by atoms with Crippen molar-refractivity contribution in [1.82, 2.24) is 0 Å². The number of esters is 1. The lowest BCUT2D eigenvalue weighted by Crippen LogP contribution is -2.24. The van der Waals surface area contributed by atoms with Crippen LogP contribution >= 0.6 is 0 Å². The molecule has 0 aliphatic heterocycles. The van der Waals surface area contributed by atoms with Gasteiger partial charge in [-0.05, 0) is 32.9 Å². The lowest BCUT2D eigenvalue weighted by Gasteiger charge is -2.20. The van der Waals surface area contributed by atoms with Gasteiger partial charge in [-0.25, -0.2) is 4.79 Å². The van der Waals surface area contributed by atoms with E-state index in [0.717, 1.165) is 0 Å². The number of para-hydroxylation sites is 1. The van der Waals surface area contributed by atoms with E-state index >= 15 is 0 Å². The molecule has 1 aromatic rings. The molecule has 0 saturated heterocycles. The average Bonchev–Trinajstić information content (AvgIpc) is 2.14. The zero-order valence-corrected chi connectivity index (χ0v) is 9.87. The van der Waals surface area contributed by atoms with Crippen LogP contribution in [0.5, 0.6) is 5.75 Å². The van der Waals surface area contributed by atoms with Gasteiger partial charge >= 0.3 is 12.6 Å². The lowest BCUT2D eigenvalue weighted by molar-refractivity contribution is -0.0508. The van der Waals surface area contributed by atoms with Gasteiger partial charge in [0, 0.05) is 0 Å². The Balaban J connectivity index is 2.93. The standard InChI is InChI=1S/C12H14F2O3/c1-12(2,3)17-10(15)8-6-4-5-7-9(8)16-11(13)14/h4-7,11H,1-3H3. The third kappa shape index (κ3) is 4.38. The molecule has 0 unspecified atom stereocenters. The number of rotatable bonds is 3. The van der Waals surface area contributed by atoms with Gasteiger partial charge in [-0.2, -0.15) is 8.78 Å². The zero-order valence-electron chi connectivity index (χ0n) is 9.87. The number of carbonyl (C=O) groups is 1. The summed E-state index contributed by atoms with van der Waals surface area (Å²) in [5.74, 6) is -0.870. The Kier molecular flexibility index (Phi) is 4.04. The summed E-state index contributed by atoms with van der Waals surface area (Å²) in [6.45, 7) is 2.11. The van der Waals surface area contributed by atoms with Crippen LogP contribution < -0.4 is 4.74 Å². The molecule has 0 fully saturated rings. The highest BCUT2D eigenvalue weighted by atomic mass is 19.3. The summed E-state index contributed by atoms with van der Waals surface area (Å²) < 4.78 is 33.6. The summed E-state index contributed by atoms with van der Waals surface area (Å²) in [7, 11) is 0. The van der Waals surface area contributed by atoms with Crippen molar-refractivity contribution >= 4 is 5.97 Å². The van der Waals surface area contributed by atoms with E-state index in [9.17, 15) is 13.6 Å². The molecule has 5 heteroatoms. The van der Waals surface area contributed by atoms with Crippen molar-refractivity contribution in [2.24, 2.45) is 0 Å². The number of hydrogen-bond acceptors (Lipinski definition) is 3. The largest absolute Gasteiger partial charge is 0.456 e. The third-order valence-corrected chi connectivity index (χ3v) is 1.72. The van der Waals surface area contributed by atoms with Crippen molar-refractivity contribution in [3.05, 3.63) is 29.8 Å². The number of ether oxygens (including phenoxy) is 2. The van der Waals surface area contributed by atoms with Crippen LogP contribution in [0.25, 0.3) is 0 Å². The summed E-state index contributed by atoms with van der Waals surface area (Å²) in [4.78, 5) is 11.7. The molecule has 0 atom stereocenters. The Morgan fingerprint density at radius 2 is 1.82 bits per heavy atom. The Morgan fingerprint density at radius 3 is 2.35 bits per heavy atom. The molecule has 0 bridgehead atoms. The van der Waals surface area contributed by atoms with E-state index in [1.807, 2.05) is 0 Å². The molecule has 3 nitrogen and oxygen atoms in total. The first-order chi connectivity index (χ1) is 7.79. The summed E-state index contributed by atoms with van der Waals surface area (Å²) in [5, 5.41) is 0. The van der Waals surface area contributed by atoms with E-state index in [4.69, 9.17) is 4.74 Å². The highest BCUT2D eigenvalue weighted by molar-refractivity contribution is 5.92. The second-order valence-electron chi connectivity index (χ2n) is 4.38. The normalized spacial score (nSPS) is 11.4. The predicted octanol–water partition coefficient (Wildman–Crippen LogP) is 3.24. The SMILES string of the molecule is CC(C)(C)OC(=O)c1ccccc1OC(F)F. The maximum Gasteiger partial charge on any atom is 0.387 e. The van der Waals surface area contributed by atoms with E-state index in [0.29, 0.717) is 0 Å². The van der Waals surface area contributed by atoms with E-state index < -0.39 is 18.2 Å². The quantitative estimate of drug-likeness (QED) is 0.766. The van der Waals surface area contributed by atoms with Crippen molar-refractivity contribution in [2.45, 2.75) is 33.0 Å². The number of alkyl halides is 2. The van der Waals surface area contributed by atoms with Crippen molar-refractivity contribution in [2.75, 3.05) is 0 Å². The molecular weight excluding hydrogens is 230 g/mol. The minimum Gasteiger partial charge on any atom is -0.456 e. The van der Waals surface area contributed by atoms with Gasteiger partial charge in [0.15, 0.2) is 0 Å². The summed E-state index contributed by atoms with van der Waals surface area (Å²) in [6.07, 6.45) is 0. The second kappa shape index (κ2) is 5.12. The fraction of sp³-hybridized carbons (Fsp3) is 0.417. The van der Waals surface area contributed by atoms with Gasteiger partial charge in [0.05, 0.1) is 0 Å². The summed E-state index contributed by atoms with van der Waals surface area (Å²) >= 11 is 0. The van der Waals surface area contributed by atoms with Crippen LogP contribution in [0.2, 0.25) is 0 Å². The minimum absolute atomic E-state index is 0.0114. The predicted molar refractivity (Wildman–Crippen MR) is 58.2 cm³/mol. The van der Waals surface area contributed by atoms with Crippen LogP contribution in [-0.2, 0) is 4.74 Å². The van der Waals surface area contributed by atoms with Crippen LogP contribution in [0.1, 0.15) is 31.1 Å². The topological polar surface area (TPSA) is 35.5 Å². The van der Waals surface area contributed by atoms with Crippen LogP contribution in [0.3, 0.4) is 0 Å². The van der Waals surface area contributed by atoms with Gasteiger partial charge < -0.3 is 9.47 Å². The van der Waals surface area contributed by atoms with E-state index in [-0.39, 0.29) is 11.3 Å². The van der Waals surface area contributed by atoms with Gasteiger partial charge in [0.1, 0.15) is 16.9 Å². The van der Waals surface area contributed by atoms with E-state index in [2.05, 4.69) is 4.74 Å². The van der Waals surface area contributed by atoms with E-state index in [1.165, 1.54) is 18.2 Å². The van der Waals surface area contributed by atoms with Crippen LogP contribution in [0.4, 0.5) is 8.78 Å². The van der Waals surface area contributed by atoms with Gasteiger partial charge in [-0.15, -0.1) is 0 Å². The average molecular weight is 244 g/mol. The van der Waals surface area contributed by atoms with Crippen molar-refractivity contribution < 1.29 is 23.0 Å². The van der Waals surface area contributed by atoms with Gasteiger partial charge in [0.2, 0.25) is 0 Å². The maximum atomic E-state index is 12.1. The lowest BCUT2D eigenvalue weighted by atomic mass is 10.1. The molecule has 0 aromatic heterocycles. The van der Waals surface area contributed by atoms with Gasteiger partial charge in [-0.3, -0.25) is 0 Å². The molecule has 1 rings (SSSR count). The van der Waals surface area contributed by atoms with Crippen LogP contribution in [0, 0.1) is 0 Å². The first-order valence-electron chi connectivity index (χ1n) is 5.07. The van der Waals surface area contributed by atoms with E-state index in [1.54, 1.807) is 26.8 Å². The molecule has 0 radical (unpaired) electrons. The molecule has 0 aliphatic carbocycles. The smallest absolute Gasteiger partial charge is 0.387 e. The Bertz CT molecular complexity index is 397.